The molecule has 88 valence electrons. The van der Waals surface area contributed by atoms with Crippen LogP contribution in [0, 0.1) is 0 Å². The molecule has 1 heterocycles. The Morgan fingerprint density at radius 3 is 2.59 bits per heavy atom. The van der Waals surface area contributed by atoms with E-state index in [2.05, 4.69) is 9.97 Å². The molecule has 0 unspecified atom stereocenters. The Bertz CT molecular complexity index is 532. The average Bonchev–Trinajstić information content (AvgIpc) is 2.38. The van der Waals surface area contributed by atoms with E-state index in [0.717, 1.165) is 11.3 Å². The third-order valence-electron chi connectivity index (χ3n) is 2.36. The molecule has 2 aromatic rings. The topological polar surface area (TPSA) is 44.2 Å². The van der Waals surface area contributed by atoms with Gasteiger partial charge in [0.1, 0.15) is 23.0 Å². The number of hydrogen-bond donors (Lipinski definition) is 0. The van der Waals surface area contributed by atoms with Gasteiger partial charge in [0, 0.05) is 17.3 Å². The zero-order valence-corrected chi connectivity index (χ0v) is 10.2. The van der Waals surface area contributed by atoms with Gasteiger partial charge in [-0.05, 0) is 18.2 Å². The lowest BCUT2D eigenvalue weighted by Crippen LogP contribution is -1.92. The van der Waals surface area contributed by atoms with Crippen LogP contribution in [0.1, 0.15) is 0 Å². The third-order valence-corrected chi connectivity index (χ3v) is 2.66. The molecule has 0 bridgehead atoms. The van der Waals surface area contributed by atoms with Crippen LogP contribution in [0.5, 0.6) is 11.5 Å². The van der Waals surface area contributed by atoms with Crippen LogP contribution >= 0.6 is 11.6 Å². The molecule has 1 aromatic heterocycles. The predicted octanol–water partition coefficient (Wildman–Crippen LogP) is 2.81. The van der Waals surface area contributed by atoms with Crippen LogP contribution in [0.25, 0.3) is 11.1 Å². The SMILES string of the molecule is COc1ccc(OC)c(-c2cncnc2Cl)c1. The second-order valence-electron chi connectivity index (χ2n) is 3.29. The van der Waals surface area contributed by atoms with Crippen LogP contribution in [-0.2, 0) is 0 Å². The lowest BCUT2D eigenvalue weighted by molar-refractivity contribution is 0.404. The smallest absolute Gasteiger partial charge is 0.140 e. The Balaban J connectivity index is 2.60. The normalized spacial score (nSPS) is 10.1. The Morgan fingerprint density at radius 2 is 1.94 bits per heavy atom. The van der Waals surface area contributed by atoms with E-state index < -0.39 is 0 Å². The number of hydrogen-bond acceptors (Lipinski definition) is 4. The van der Waals surface area contributed by atoms with Crippen LogP contribution in [-0.4, -0.2) is 24.2 Å². The maximum absolute atomic E-state index is 6.04. The molecule has 0 radical (unpaired) electrons. The van der Waals surface area contributed by atoms with Crippen molar-refractivity contribution in [3.63, 3.8) is 0 Å². The zero-order chi connectivity index (χ0) is 12.3. The van der Waals surface area contributed by atoms with Crippen molar-refractivity contribution < 1.29 is 9.47 Å². The average molecular weight is 251 g/mol. The van der Waals surface area contributed by atoms with E-state index in [9.17, 15) is 0 Å². The standard InChI is InChI=1S/C12H11ClN2O2/c1-16-8-3-4-11(17-2)9(5-8)10-6-14-7-15-12(10)13/h3-7H,1-2H3. The first-order chi connectivity index (χ1) is 8.26. The van der Waals surface area contributed by atoms with Gasteiger partial charge in [-0.25, -0.2) is 9.97 Å². The molecule has 17 heavy (non-hydrogen) atoms. The summed E-state index contributed by atoms with van der Waals surface area (Å²) < 4.78 is 10.5. The van der Waals surface area contributed by atoms with Gasteiger partial charge in [0.05, 0.1) is 14.2 Å². The molecule has 4 nitrogen and oxygen atoms in total. The van der Waals surface area contributed by atoms with Crippen molar-refractivity contribution in [3.8, 4) is 22.6 Å². The summed E-state index contributed by atoms with van der Waals surface area (Å²) in [6.07, 6.45) is 3.05. The molecule has 0 N–H and O–H groups in total. The minimum Gasteiger partial charge on any atom is -0.497 e. The molecule has 0 fully saturated rings. The Kier molecular flexibility index (Phi) is 3.44. The van der Waals surface area contributed by atoms with E-state index in [-0.39, 0.29) is 0 Å². The molecule has 5 heteroatoms. The van der Waals surface area contributed by atoms with Crippen LogP contribution in [0.3, 0.4) is 0 Å². The summed E-state index contributed by atoms with van der Waals surface area (Å²) in [5, 5.41) is 0.381. The number of ether oxygens (including phenoxy) is 2. The lowest BCUT2D eigenvalue weighted by Gasteiger charge is -2.10. The highest BCUT2D eigenvalue weighted by molar-refractivity contribution is 6.32. The van der Waals surface area contributed by atoms with E-state index in [4.69, 9.17) is 21.1 Å². The summed E-state index contributed by atoms with van der Waals surface area (Å²) >= 11 is 6.04. The molecule has 0 aliphatic heterocycles. The summed E-state index contributed by atoms with van der Waals surface area (Å²) in [5.74, 6) is 1.42. The number of methoxy groups -OCH3 is 2. The molecule has 0 atom stereocenters. The Morgan fingerprint density at radius 1 is 1.12 bits per heavy atom. The predicted molar refractivity (Wildman–Crippen MR) is 65.6 cm³/mol. The first-order valence-corrected chi connectivity index (χ1v) is 5.32. The molecule has 2 rings (SSSR count). The molecule has 0 saturated carbocycles. The van der Waals surface area contributed by atoms with E-state index in [0.29, 0.717) is 16.5 Å². The van der Waals surface area contributed by atoms with Gasteiger partial charge in [-0.15, -0.1) is 0 Å². The van der Waals surface area contributed by atoms with Crippen LogP contribution in [0.15, 0.2) is 30.7 Å². The highest BCUT2D eigenvalue weighted by atomic mass is 35.5. The summed E-state index contributed by atoms with van der Waals surface area (Å²) in [6, 6.07) is 5.47. The highest BCUT2D eigenvalue weighted by Gasteiger charge is 2.11. The number of nitrogens with zero attached hydrogens (tertiary/aromatic N) is 2. The van der Waals surface area contributed by atoms with E-state index >= 15 is 0 Å². The molecule has 0 amide bonds. The number of benzene rings is 1. The van der Waals surface area contributed by atoms with Gasteiger partial charge in [0.25, 0.3) is 0 Å². The minimum atomic E-state index is 0.381. The van der Waals surface area contributed by atoms with Crippen molar-refractivity contribution in [2.75, 3.05) is 14.2 Å². The van der Waals surface area contributed by atoms with Crippen LogP contribution in [0.4, 0.5) is 0 Å². The second-order valence-corrected chi connectivity index (χ2v) is 3.65. The fourth-order valence-corrected chi connectivity index (χ4v) is 1.71. The monoisotopic (exact) mass is 250 g/mol. The summed E-state index contributed by atoms with van der Waals surface area (Å²) in [6.45, 7) is 0. The zero-order valence-electron chi connectivity index (χ0n) is 9.48. The van der Waals surface area contributed by atoms with Crippen molar-refractivity contribution in [3.05, 3.63) is 35.9 Å². The van der Waals surface area contributed by atoms with Crippen molar-refractivity contribution in [1.29, 1.82) is 0 Å². The Labute approximate surface area is 104 Å². The van der Waals surface area contributed by atoms with Gasteiger partial charge in [0.15, 0.2) is 0 Å². The van der Waals surface area contributed by atoms with Crippen LogP contribution in [0.2, 0.25) is 5.15 Å². The molecular weight excluding hydrogens is 240 g/mol. The molecule has 1 aromatic carbocycles. The van der Waals surface area contributed by atoms with Gasteiger partial charge in [-0.1, -0.05) is 11.6 Å². The van der Waals surface area contributed by atoms with Crippen molar-refractivity contribution in [2.24, 2.45) is 0 Å². The third kappa shape index (κ3) is 2.31. The highest BCUT2D eigenvalue weighted by Crippen LogP contribution is 2.35. The fraction of sp³-hybridized carbons (Fsp3) is 0.167. The van der Waals surface area contributed by atoms with Crippen molar-refractivity contribution in [1.82, 2.24) is 9.97 Å². The molecule has 0 spiro atoms. The fourth-order valence-electron chi connectivity index (χ4n) is 1.52. The lowest BCUT2D eigenvalue weighted by atomic mass is 10.1. The van der Waals surface area contributed by atoms with E-state index in [1.165, 1.54) is 6.33 Å². The maximum Gasteiger partial charge on any atom is 0.140 e. The molecule has 0 aliphatic rings. The van der Waals surface area contributed by atoms with Gasteiger partial charge < -0.3 is 9.47 Å². The minimum absolute atomic E-state index is 0.381. The Hall–Kier alpha value is -1.81. The molecular formula is C12H11ClN2O2. The first kappa shape index (κ1) is 11.7. The van der Waals surface area contributed by atoms with Crippen molar-refractivity contribution >= 4 is 11.6 Å². The van der Waals surface area contributed by atoms with E-state index in [1.54, 1.807) is 20.4 Å². The molecule has 0 aliphatic carbocycles. The van der Waals surface area contributed by atoms with Crippen LogP contribution < -0.4 is 9.47 Å². The van der Waals surface area contributed by atoms with Gasteiger partial charge >= 0.3 is 0 Å². The first-order valence-electron chi connectivity index (χ1n) is 4.94. The number of aromatic nitrogens is 2. The van der Waals surface area contributed by atoms with Crippen molar-refractivity contribution in [2.45, 2.75) is 0 Å². The van der Waals surface area contributed by atoms with Gasteiger partial charge in [-0.2, -0.15) is 0 Å². The summed E-state index contributed by atoms with van der Waals surface area (Å²) in [7, 11) is 3.21. The van der Waals surface area contributed by atoms with Gasteiger partial charge in [0.2, 0.25) is 0 Å². The summed E-state index contributed by atoms with van der Waals surface area (Å²) in [5.41, 5.74) is 1.52. The largest absolute Gasteiger partial charge is 0.497 e. The second kappa shape index (κ2) is 5.01. The van der Waals surface area contributed by atoms with E-state index in [1.807, 2.05) is 18.2 Å². The summed E-state index contributed by atoms with van der Waals surface area (Å²) in [4.78, 5) is 7.91. The number of rotatable bonds is 3. The maximum atomic E-state index is 6.04. The quantitative estimate of drug-likeness (QED) is 0.786. The van der Waals surface area contributed by atoms with Gasteiger partial charge in [-0.3, -0.25) is 0 Å². The number of halogens is 1. The molecule has 0 saturated heterocycles.